The van der Waals surface area contributed by atoms with Crippen molar-refractivity contribution in [2.24, 2.45) is 0 Å². The molecule has 4 aromatic rings. The molecule has 0 saturated carbocycles. The number of aromatic nitrogens is 2. The maximum Gasteiger partial charge on any atom is 0.273 e. The number of piperidine rings is 1. The van der Waals surface area contributed by atoms with Crippen molar-refractivity contribution in [3.8, 4) is 11.1 Å². The van der Waals surface area contributed by atoms with Gasteiger partial charge in [-0.15, -0.1) is 0 Å². The van der Waals surface area contributed by atoms with Crippen molar-refractivity contribution < 1.29 is 14.7 Å². The molecule has 8 nitrogen and oxygen atoms in total. The summed E-state index contributed by atoms with van der Waals surface area (Å²) < 4.78 is 1.70. The highest BCUT2D eigenvalue weighted by Crippen LogP contribution is 2.27. The first kappa shape index (κ1) is 22.3. The van der Waals surface area contributed by atoms with Crippen molar-refractivity contribution in [1.29, 1.82) is 0 Å². The van der Waals surface area contributed by atoms with Gasteiger partial charge in [0, 0.05) is 36.4 Å². The molecule has 36 heavy (non-hydrogen) atoms. The van der Waals surface area contributed by atoms with E-state index in [-0.39, 0.29) is 18.4 Å². The van der Waals surface area contributed by atoms with Gasteiger partial charge in [0.25, 0.3) is 11.8 Å². The van der Waals surface area contributed by atoms with Crippen molar-refractivity contribution in [2.75, 3.05) is 31.7 Å². The van der Waals surface area contributed by atoms with Crippen LogP contribution in [0.5, 0.6) is 0 Å². The number of nitrogens with one attached hydrogen (secondary N) is 1. The summed E-state index contributed by atoms with van der Waals surface area (Å²) in [6.07, 6.45) is 4.43. The number of pyridine rings is 1. The van der Waals surface area contributed by atoms with E-state index in [1.165, 1.54) is 0 Å². The SMILES string of the molecule is O=C(c1ccc(-c2ccc3ncccc3c2)cc1)N1CCC(O)(CN2CNn3cccc3C2=O)CC1. The Labute approximate surface area is 208 Å². The second-order valence-corrected chi connectivity index (χ2v) is 9.59. The molecule has 2 aromatic carbocycles. The summed E-state index contributed by atoms with van der Waals surface area (Å²) in [6, 6.07) is 21.3. The van der Waals surface area contributed by atoms with Crippen LogP contribution in [0.1, 0.15) is 33.7 Å². The highest BCUT2D eigenvalue weighted by Gasteiger charge is 2.38. The lowest BCUT2D eigenvalue weighted by atomic mass is 9.90. The number of hydrogen-bond donors (Lipinski definition) is 2. The summed E-state index contributed by atoms with van der Waals surface area (Å²) >= 11 is 0. The van der Waals surface area contributed by atoms with E-state index >= 15 is 0 Å². The van der Waals surface area contributed by atoms with Crippen molar-refractivity contribution >= 4 is 22.7 Å². The summed E-state index contributed by atoms with van der Waals surface area (Å²) in [5, 5.41) is 12.3. The van der Waals surface area contributed by atoms with Gasteiger partial charge in [0.15, 0.2) is 0 Å². The standard InChI is InChI=1S/C28H27N5O3/c34-26(21-7-5-20(6-8-21)22-9-10-24-23(17-22)3-1-13-29-24)31-15-11-28(36,12-16-31)18-32-19-30-33-14-2-4-25(33)27(32)35/h1-10,13-14,17,30,36H,11-12,15-16,18-19H2. The molecule has 1 saturated heterocycles. The minimum absolute atomic E-state index is 0.0418. The van der Waals surface area contributed by atoms with E-state index in [0.717, 1.165) is 22.0 Å². The van der Waals surface area contributed by atoms with Gasteiger partial charge >= 0.3 is 0 Å². The Morgan fingerprint density at radius 2 is 1.78 bits per heavy atom. The van der Waals surface area contributed by atoms with Gasteiger partial charge in [-0.2, -0.15) is 0 Å². The molecule has 1 fully saturated rings. The van der Waals surface area contributed by atoms with Crippen molar-refractivity contribution in [1.82, 2.24) is 19.5 Å². The van der Waals surface area contributed by atoms with E-state index in [0.29, 0.717) is 43.9 Å². The maximum absolute atomic E-state index is 13.1. The zero-order valence-electron chi connectivity index (χ0n) is 19.8. The van der Waals surface area contributed by atoms with Gasteiger partial charge in [-0.3, -0.25) is 19.2 Å². The largest absolute Gasteiger partial charge is 0.388 e. The van der Waals surface area contributed by atoms with Crippen LogP contribution in [0.2, 0.25) is 0 Å². The average Bonchev–Trinajstić information content (AvgIpc) is 3.40. The quantitative estimate of drug-likeness (QED) is 0.467. The normalized spacial score (nSPS) is 17.1. The number of rotatable bonds is 4. The molecule has 2 N–H and O–H groups in total. The molecule has 182 valence electrons. The Morgan fingerprint density at radius 3 is 2.58 bits per heavy atom. The highest BCUT2D eigenvalue weighted by atomic mass is 16.3. The molecular weight excluding hydrogens is 454 g/mol. The first-order chi connectivity index (χ1) is 17.5. The third-order valence-corrected chi connectivity index (χ3v) is 7.22. The zero-order chi connectivity index (χ0) is 24.7. The van der Waals surface area contributed by atoms with Gasteiger partial charge in [0.2, 0.25) is 0 Å². The molecule has 0 aliphatic carbocycles. The topological polar surface area (TPSA) is 90.7 Å². The van der Waals surface area contributed by atoms with E-state index in [1.807, 2.05) is 54.6 Å². The molecular formula is C28H27N5O3. The van der Waals surface area contributed by atoms with Crippen LogP contribution in [-0.2, 0) is 0 Å². The summed E-state index contributed by atoms with van der Waals surface area (Å²) in [7, 11) is 0. The molecule has 2 aliphatic heterocycles. The second kappa shape index (κ2) is 8.80. The van der Waals surface area contributed by atoms with Crippen molar-refractivity contribution in [3.63, 3.8) is 0 Å². The van der Waals surface area contributed by atoms with E-state index < -0.39 is 5.60 Å². The van der Waals surface area contributed by atoms with E-state index in [2.05, 4.69) is 16.5 Å². The van der Waals surface area contributed by atoms with Gasteiger partial charge < -0.3 is 20.3 Å². The van der Waals surface area contributed by atoms with E-state index in [1.54, 1.807) is 32.9 Å². The smallest absolute Gasteiger partial charge is 0.273 e. The fourth-order valence-corrected chi connectivity index (χ4v) is 5.10. The molecule has 2 aliphatic rings. The number of carbonyl (C=O) groups excluding carboxylic acids is 2. The van der Waals surface area contributed by atoms with E-state index in [4.69, 9.17) is 0 Å². The molecule has 0 radical (unpaired) electrons. The van der Waals surface area contributed by atoms with Crippen LogP contribution in [0.15, 0.2) is 79.1 Å². The van der Waals surface area contributed by atoms with Crippen LogP contribution in [0, 0.1) is 0 Å². The lowest BCUT2D eigenvalue weighted by Gasteiger charge is -2.42. The Hall–Kier alpha value is -4.17. The summed E-state index contributed by atoms with van der Waals surface area (Å²) in [6.45, 7) is 1.47. The Kier molecular flexibility index (Phi) is 5.45. The van der Waals surface area contributed by atoms with Crippen LogP contribution >= 0.6 is 0 Å². The molecule has 2 aromatic heterocycles. The monoisotopic (exact) mass is 481 g/mol. The molecule has 0 bridgehead atoms. The van der Waals surface area contributed by atoms with E-state index in [9.17, 15) is 14.7 Å². The lowest BCUT2D eigenvalue weighted by Crippen LogP contribution is -2.56. The predicted molar refractivity (Wildman–Crippen MR) is 137 cm³/mol. The van der Waals surface area contributed by atoms with Crippen LogP contribution in [0.25, 0.3) is 22.0 Å². The summed E-state index contributed by atoms with van der Waals surface area (Å²) in [5.41, 5.74) is 6.38. The van der Waals surface area contributed by atoms with Gasteiger partial charge in [0.1, 0.15) is 12.4 Å². The Bertz CT molecular complexity index is 1440. The van der Waals surface area contributed by atoms with Crippen LogP contribution in [0.4, 0.5) is 0 Å². The minimum Gasteiger partial charge on any atom is -0.388 e. The number of hydrogen-bond acceptors (Lipinski definition) is 5. The molecule has 0 unspecified atom stereocenters. The van der Waals surface area contributed by atoms with Crippen molar-refractivity contribution in [2.45, 2.75) is 18.4 Å². The van der Waals surface area contributed by atoms with Gasteiger partial charge in [0.05, 0.1) is 17.7 Å². The average molecular weight is 482 g/mol. The number of fused-ring (bicyclic) bond motifs is 2. The zero-order valence-corrected chi connectivity index (χ0v) is 19.8. The summed E-state index contributed by atoms with van der Waals surface area (Å²) in [5.74, 6) is -0.145. The summed E-state index contributed by atoms with van der Waals surface area (Å²) in [4.78, 5) is 33.7. The third-order valence-electron chi connectivity index (χ3n) is 7.22. The predicted octanol–water partition coefficient (Wildman–Crippen LogP) is 3.33. The number of benzene rings is 2. The maximum atomic E-state index is 13.1. The highest BCUT2D eigenvalue weighted by molar-refractivity contribution is 5.95. The number of β-amino-alcohol motifs (C(OH)–C–C–N with tert-alkyl or cyclic N) is 1. The molecule has 2 amide bonds. The fraction of sp³-hybridized carbons (Fsp3) is 0.250. The molecule has 4 heterocycles. The first-order valence-corrected chi connectivity index (χ1v) is 12.2. The van der Waals surface area contributed by atoms with Crippen LogP contribution in [-0.4, -0.2) is 68.3 Å². The number of nitrogens with zero attached hydrogens (tertiary/aromatic N) is 4. The number of likely N-dealkylation sites (tertiary alicyclic amines) is 1. The molecule has 0 spiro atoms. The van der Waals surface area contributed by atoms with Crippen molar-refractivity contribution in [3.05, 3.63) is 90.4 Å². The fourth-order valence-electron chi connectivity index (χ4n) is 5.10. The number of aliphatic hydroxyl groups is 1. The van der Waals surface area contributed by atoms with Gasteiger partial charge in [-0.25, -0.2) is 0 Å². The molecule has 6 rings (SSSR count). The minimum atomic E-state index is -1.02. The molecule has 8 heteroatoms. The first-order valence-electron chi connectivity index (χ1n) is 12.2. The van der Waals surface area contributed by atoms with Crippen LogP contribution < -0.4 is 5.43 Å². The van der Waals surface area contributed by atoms with Crippen LogP contribution in [0.3, 0.4) is 0 Å². The second-order valence-electron chi connectivity index (χ2n) is 9.59. The third kappa shape index (κ3) is 4.09. The Balaban J connectivity index is 1.09. The van der Waals surface area contributed by atoms with Gasteiger partial charge in [-0.1, -0.05) is 24.3 Å². The molecule has 0 atom stereocenters. The van der Waals surface area contributed by atoms with Gasteiger partial charge in [-0.05, 0) is 66.4 Å². The number of amides is 2. The lowest BCUT2D eigenvalue weighted by molar-refractivity contribution is -0.0369. The Morgan fingerprint density at radius 1 is 1.00 bits per heavy atom. The number of carbonyl (C=O) groups is 2.